The van der Waals surface area contributed by atoms with Gasteiger partial charge in [0.05, 0.1) is 0 Å². The lowest BCUT2D eigenvalue weighted by Crippen LogP contribution is -2.42. The number of aromatic nitrogens is 3. The normalized spacial score (nSPS) is 15.2. The van der Waals surface area contributed by atoms with Crippen molar-refractivity contribution in [2.24, 2.45) is 4.99 Å². The molecule has 1 aliphatic carbocycles. The summed E-state index contributed by atoms with van der Waals surface area (Å²) in [5.41, 5.74) is 2.32. The van der Waals surface area contributed by atoms with Gasteiger partial charge in [-0.1, -0.05) is 41.6 Å². The van der Waals surface area contributed by atoms with Crippen molar-refractivity contribution in [3.63, 3.8) is 0 Å². The molecule has 1 saturated carbocycles. The Balaban J connectivity index is 1.26. The first-order valence-corrected chi connectivity index (χ1v) is 9.53. The Hall–Kier alpha value is -3.22. The smallest absolute Gasteiger partial charge is 0.276 e. The van der Waals surface area contributed by atoms with Crippen LogP contribution in [-0.4, -0.2) is 41.2 Å². The van der Waals surface area contributed by atoms with Gasteiger partial charge in [0.15, 0.2) is 11.8 Å². The van der Waals surface area contributed by atoms with E-state index in [9.17, 15) is 0 Å². The van der Waals surface area contributed by atoms with Crippen LogP contribution in [0, 0.1) is 0 Å². The van der Waals surface area contributed by atoms with Crippen molar-refractivity contribution in [2.45, 2.75) is 24.7 Å². The number of nitrogens with zero attached hydrogens (tertiary/aromatic N) is 4. The summed E-state index contributed by atoms with van der Waals surface area (Å²) >= 11 is 0. The molecule has 7 heteroatoms. The first-order chi connectivity index (χ1) is 13.8. The highest BCUT2D eigenvalue weighted by Gasteiger charge is 2.43. The fraction of sp³-hybridized carbons (Fsp3) is 0.333. The summed E-state index contributed by atoms with van der Waals surface area (Å²) in [4.78, 5) is 12.9. The number of rotatable bonds is 7. The first kappa shape index (κ1) is 18.2. The average Bonchev–Trinajstić information content (AvgIpc) is 3.41. The predicted octanol–water partition coefficient (Wildman–Crippen LogP) is 2.57. The number of nitrogens with one attached hydrogen (secondary N) is 2. The first-order valence-electron chi connectivity index (χ1n) is 9.53. The molecule has 0 saturated heterocycles. The molecule has 4 rings (SSSR count). The van der Waals surface area contributed by atoms with Crippen LogP contribution < -0.4 is 10.6 Å². The maximum absolute atomic E-state index is 5.29. The molecule has 2 aromatic heterocycles. The van der Waals surface area contributed by atoms with Crippen molar-refractivity contribution in [3.05, 3.63) is 66.1 Å². The zero-order valence-corrected chi connectivity index (χ0v) is 15.9. The second-order valence-electron chi connectivity index (χ2n) is 6.98. The van der Waals surface area contributed by atoms with E-state index in [4.69, 9.17) is 4.52 Å². The highest BCUT2D eigenvalue weighted by atomic mass is 16.5. The summed E-state index contributed by atoms with van der Waals surface area (Å²) in [5.74, 6) is 1.87. The van der Waals surface area contributed by atoms with E-state index in [0.29, 0.717) is 30.4 Å². The summed E-state index contributed by atoms with van der Waals surface area (Å²) in [6.45, 7) is 1.54. The molecule has 1 aromatic carbocycles. The fourth-order valence-corrected chi connectivity index (χ4v) is 3.23. The van der Waals surface area contributed by atoms with Crippen molar-refractivity contribution in [3.8, 4) is 11.6 Å². The molecular formula is C21H24N6O. The van der Waals surface area contributed by atoms with Crippen LogP contribution >= 0.6 is 0 Å². The third-order valence-electron chi connectivity index (χ3n) is 5.05. The molecule has 0 amide bonds. The maximum atomic E-state index is 5.29. The highest BCUT2D eigenvalue weighted by molar-refractivity contribution is 5.79. The zero-order valence-electron chi connectivity index (χ0n) is 15.9. The molecule has 0 spiro atoms. The summed E-state index contributed by atoms with van der Waals surface area (Å²) in [6, 6.07) is 16.3. The largest absolute Gasteiger partial charge is 0.356 e. The summed E-state index contributed by atoms with van der Waals surface area (Å²) in [6.07, 6.45) is 4.76. The SMILES string of the molecule is CN=C(NCCc1noc(-c2ccccn2)n1)NCC1(c2ccccc2)CC1. The van der Waals surface area contributed by atoms with Gasteiger partial charge in [-0.25, -0.2) is 0 Å². The van der Waals surface area contributed by atoms with Crippen LogP contribution in [0.4, 0.5) is 0 Å². The van der Waals surface area contributed by atoms with Gasteiger partial charge >= 0.3 is 0 Å². The van der Waals surface area contributed by atoms with Crippen LogP contribution in [0.25, 0.3) is 11.6 Å². The lowest BCUT2D eigenvalue weighted by atomic mass is 9.96. The van der Waals surface area contributed by atoms with E-state index >= 15 is 0 Å². The Bertz CT molecular complexity index is 918. The molecule has 0 aliphatic heterocycles. The van der Waals surface area contributed by atoms with E-state index < -0.39 is 0 Å². The Kier molecular flexibility index (Phi) is 5.32. The minimum absolute atomic E-state index is 0.240. The second kappa shape index (κ2) is 8.21. The van der Waals surface area contributed by atoms with Gasteiger partial charge in [-0.3, -0.25) is 9.98 Å². The molecule has 1 aliphatic rings. The number of hydrogen-bond donors (Lipinski definition) is 2. The molecular weight excluding hydrogens is 352 g/mol. The highest BCUT2D eigenvalue weighted by Crippen LogP contribution is 2.47. The van der Waals surface area contributed by atoms with Crippen LogP contribution in [0.15, 0.2) is 64.2 Å². The number of guanidine groups is 1. The Morgan fingerprint density at radius 3 is 2.64 bits per heavy atom. The minimum Gasteiger partial charge on any atom is -0.356 e. The molecule has 144 valence electrons. The lowest BCUT2D eigenvalue weighted by molar-refractivity contribution is 0.421. The quantitative estimate of drug-likeness (QED) is 0.487. The van der Waals surface area contributed by atoms with Crippen LogP contribution in [0.3, 0.4) is 0 Å². The van der Waals surface area contributed by atoms with Gasteiger partial charge in [0.2, 0.25) is 0 Å². The third-order valence-corrected chi connectivity index (χ3v) is 5.05. The van der Waals surface area contributed by atoms with Crippen molar-refractivity contribution >= 4 is 5.96 Å². The average molecular weight is 376 g/mol. The molecule has 0 atom stereocenters. The molecule has 0 radical (unpaired) electrons. The molecule has 1 fully saturated rings. The van der Waals surface area contributed by atoms with Gasteiger partial charge in [-0.05, 0) is 30.5 Å². The van der Waals surface area contributed by atoms with Crippen LogP contribution in [0.5, 0.6) is 0 Å². The molecule has 0 unspecified atom stereocenters. The molecule has 3 aromatic rings. The van der Waals surface area contributed by atoms with E-state index in [0.717, 1.165) is 12.5 Å². The van der Waals surface area contributed by atoms with Gasteiger partial charge in [-0.15, -0.1) is 0 Å². The standard InChI is InChI=1S/C21H24N6O/c1-22-20(25-15-21(11-12-21)16-7-3-2-4-8-16)24-14-10-18-26-19(28-27-18)17-9-5-6-13-23-17/h2-9,13H,10-12,14-15H2,1H3,(H2,22,24,25). The van der Waals surface area contributed by atoms with Gasteiger partial charge in [-0.2, -0.15) is 4.98 Å². The summed E-state index contributed by atoms with van der Waals surface area (Å²) in [5, 5.41) is 10.8. The fourth-order valence-electron chi connectivity index (χ4n) is 3.23. The number of pyridine rings is 1. The van der Waals surface area contributed by atoms with Crippen molar-refractivity contribution in [2.75, 3.05) is 20.1 Å². The zero-order chi connectivity index (χ0) is 19.2. The molecule has 28 heavy (non-hydrogen) atoms. The second-order valence-corrected chi connectivity index (χ2v) is 6.98. The van der Waals surface area contributed by atoms with Crippen LogP contribution in [0.2, 0.25) is 0 Å². The minimum atomic E-state index is 0.240. The topological polar surface area (TPSA) is 88.2 Å². The van der Waals surface area contributed by atoms with E-state index in [1.165, 1.54) is 18.4 Å². The Labute approximate surface area is 164 Å². The Morgan fingerprint density at radius 1 is 1.11 bits per heavy atom. The van der Waals surface area contributed by atoms with E-state index in [2.05, 4.69) is 61.1 Å². The van der Waals surface area contributed by atoms with Gasteiger partial charge < -0.3 is 15.2 Å². The van der Waals surface area contributed by atoms with Gasteiger partial charge in [0.1, 0.15) is 5.69 Å². The van der Waals surface area contributed by atoms with E-state index in [1.807, 2.05) is 18.2 Å². The van der Waals surface area contributed by atoms with Crippen molar-refractivity contribution in [1.82, 2.24) is 25.8 Å². The third kappa shape index (κ3) is 4.19. The molecule has 2 heterocycles. The summed E-state index contributed by atoms with van der Waals surface area (Å²) in [7, 11) is 1.78. The predicted molar refractivity (Wildman–Crippen MR) is 108 cm³/mol. The summed E-state index contributed by atoms with van der Waals surface area (Å²) < 4.78 is 5.29. The maximum Gasteiger partial charge on any atom is 0.276 e. The number of hydrogen-bond acceptors (Lipinski definition) is 5. The Morgan fingerprint density at radius 2 is 1.93 bits per heavy atom. The molecule has 2 N–H and O–H groups in total. The molecule has 7 nitrogen and oxygen atoms in total. The molecule has 0 bridgehead atoms. The van der Waals surface area contributed by atoms with Crippen molar-refractivity contribution in [1.29, 1.82) is 0 Å². The monoisotopic (exact) mass is 376 g/mol. The van der Waals surface area contributed by atoms with Crippen molar-refractivity contribution < 1.29 is 4.52 Å². The number of aliphatic imine (C=N–C) groups is 1. The number of benzene rings is 1. The van der Waals surface area contributed by atoms with Crippen LogP contribution in [-0.2, 0) is 11.8 Å². The van der Waals surface area contributed by atoms with E-state index in [1.54, 1.807) is 13.2 Å². The lowest BCUT2D eigenvalue weighted by Gasteiger charge is -2.18. The van der Waals surface area contributed by atoms with Crippen LogP contribution in [0.1, 0.15) is 24.2 Å². The van der Waals surface area contributed by atoms with Gasteiger partial charge in [0.25, 0.3) is 5.89 Å². The van der Waals surface area contributed by atoms with Gasteiger partial charge in [0, 0.05) is 38.2 Å². The van der Waals surface area contributed by atoms with E-state index in [-0.39, 0.29) is 5.41 Å².